The van der Waals surface area contributed by atoms with E-state index >= 15 is 0 Å². The molecule has 2 aromatic heterocycles. The van der Waals surface area contributed by atoms with E-state index in [9.17, 15) is 14.4 Å². The summed E-state index contributed by atoms with van der Waals surface area (Å²) in [7, 11) is 0. The number of rotatable bonds is 10. The van der Waals surface area contributed by atoms with Crippen molar-refractivity contribution in [3.8, 4) is 0 Å². The molecule has 2 unspecified atom stereocenters. The summed E-state index contributed by atoms with van der Waals surface area (Å²) < 4.78 is 12.2. The van der Waals surface area contributed by atoms with Gasteiger partial charge in [-0.3, -0.25) is 19.1 Å². The molecule has 2 atom stereocenters. The van der Waals surface area contributed by atoms with Crippen molar-refractivity contribution >= 4 is 29.0 Å². The van der Waals surface area contributed by atoms with Crippen molar-refractivity contribution in [2.24, 2.45) is 17.6 Å². The number of esters is 1. The molecule has 0 saturated carbocycles. The lowest BCUT2D eigenvalue weighted by atomic mass is 10.0. The Balaban J connectivity index is 1.83. The van der Waals surface area contributed by atoms with Crippen LogP contribution in [-0.4, -0.2) is 56.7 Å². The topological polar surface area (TPSA) is 180 Å². The van der Waals surface area contributed by atoms with Crippen LogP contribution in [0.15, 0.2) is 11.1 Å². The third kappa shape index (κ3) is 5.76. The minimum Gasteiger partial charge on any atom is -0.462 e. The molecule has 12 nitrogen and oxygen atoms in total. The van der Waals surface area contributed by atoms with Crippen molar-refractivity contribution in [3.05, 3.63) is 16.7 Å². The molecule has 0 aliphatic carbocycles. The number of aromatic nitrogens is 4. The fourth-order valence-corrected chi connectivity index (χ4v) is 2.57. The first kappa shape index (κ1) is 23.3. The van der Waals surface area contributed by atoms with Gasteiger partial charge in [-0.2, -0.15) is 4.98 Å². The van der Waals surface area contributed by atoms with E-state index in [1.54, 1.807) is 13.8 Å². The number of H-pyrrole nitrogens is 1. The van der Waals surface area contributed by atoms with Gasteiger partial charge in [-0.1, -0.05) is 27.7 Å². The van der Waals surface area contributed by atoms with Gasteiger partial charge in [0, 0.05) is 0 Å². The van der Waals surface area contributed by atoms with Crippen molar-refractivity contribution in [1.82, 2.24) is 24.8 Å². The summed E-state index contributed by atoms with van der Waals surface area (Å²) in [6.45, 7) is 7.37. The molecular formula is C18H29N7O5. The zero-order valence-electron chi connectivity index (χ0n) is 17.5. The van der Waals surface area contributed by atoms with E-state index in [0.29, 0.717) is 0 Å². The maximum absolute atomic E-state index is 12.3. The van der Waals surface area contributed by atoms with E-state index in [1.807, 2.05) is 13.8 Å². The standard InChI is InChI=1S/C18H29N7O5/c1-9(2)11(19)15(26)22-12(10(3)4)17(28)30-6-5-29-8-25-7-21-13-14(25)23-18(20)24-16(13)27/h7,9-12H,5-6,8,19H2,1-4H3,(H,22,26)(H3,20,23,24,27). The Morgan fingerprint density at radius 2 is 1.93 bits per heavy atom. The number of nitrogen functional groups attached to an aromatic ring is 1. The van der Waals surface area contributed by atoms with Gasteiger partial charge < -0.3 is 26.3 Å². The third-order valence-electron chi connectivity index (χ3n) is 4.43. The molecule has 6 N–H and O–H groups in total. The van der Waals surface area contributed by atoms with Gasteiger partial charge in [-0.15, -0.1) is 0 Å². The third-order valence-corrected chi connectivity index (χ3v) is 4.43. The van der Waals surface area contributed by atoms with E-state index in [4.69, 9.17) is 20.9 Å². The largest absolute Gasteiger partial charge is 0.462 e. The summed E-state index contributed by atoms with van der Waals surface area (Å²) in [4.78, 5) is 46.6. The Morgan fingerprint density at radius 1 is 1.23 bits per heavy atom. The zero-order chi connectivity index (χ0) is 22.4. The summed E-state index contributed by atoms with van der Waals surface area (Å²) >= 11 is 0. The molecule has 30 heavy (non-hydrogen) atoms. The molecule has 0 aliphatic rings. The molecule has 0 aromatic carbocycles. The highest BCUT2D eigenvalue weighted by molar-refractivity contribution is 5.87. The van der Waals surface area contributed by atoms with Crippen molar-refractivity contribution in [3.63, 3.8) is 0 Å². The Bertz CT molecular complexity index is 937. The minimum atomic E-state index is -0.807. The fourth-order valence-electron chi connectivity index (χ4n) is 2.57. The van der Waals surface area contributed by atoms with Crippen LogP contribution >= 0.6 is 0 Å². The van der Waals surface area contributed by atoms with E-state index < -0.39 is 29.5 Å². The number of hydrogen-bond donors (Lipinski definition) is 4. The molecule has 2 aromatic rings. The van der Waals surface area contributed by atoms with Gasteiger partial charge in [0.2, 0.25) is 11.9 Å². The number of hydrogen-bond acceptors (Lipinski definition) is 9. The Morgan fingerprint density at radius 3 is 2.57 bits per heavy atom. The van der Waals surface area contributed by atoms with E-state index in [2.05, 4.69) is 20.3 Å². The lowest BCUT2D eigenvalue weighted by molar-refractivity contribution is -0.151. The quantitative estimate of drug-likeness (QED) is 0.285. The first-order valence-electron chi connectivity index (χ1n) is 9.62. The zero-order valence-corrected chi connectivity index (χ0v) is 17.5. The Hall–Kier alpha value is -2.99. The van der Waals surface area contributed by atoms with Crippen LogP contribution in [0.3, 0.4) is 0 Å². The highest BCUT2D eigenvalue weighted by atomic mass is 16.6. The molecule has 12 heteroatoms. The summed E-state index contributed by atoms with van der Waals surface area (Å²) in [5.74, 6) is -1.21. The predicted molar refractivity (Wildman–Crippen MR) is 109 cm³/mol. The number of fused-ring (bicyclic) bond motifs is 1. The molecule has 0 fully saturated rings. The molecule has 0 spiro atoms. The summed E-state index contributed by atoms with van der Waals surface area (Å²) in [5.41, 5.74) is 11.4. The first-order valence-corrected chi connectivity index (χ1v) is 9.62. The molecule has 0 bridgehead atoms. The van der Waals surface area contributed by atoms with Crippen LogP contribution in [0.5, 0.6) is 0 Å². The van der Waals surface area contributed by atoms with Crippen LogP contribution < -0.4 is 22.3 Å². The minimum absolute atomic E-state index is 0.0169. The van der Waals surface area contributed by atoms with Crippen LogP contribution in [0.2, 0.25) is 0 Å². The van der Waals surface area contributed by atoms with Gasteiger partial charge in [-0.25, -0.2) is 9.78 Å². The summed E-state index contributed by atoms with van der Waals surface area (Å²) in [6, 6.07) is -1.51. The van der Waals surface area contributed by atoms with Crippen molar-refractivity contribution in [2.45, 2.75) is 46.5 Å². The normalized spacial score (nSPS) is 13.6. The van der Waals surface area contributed by atoms with Crippen LogP contribution in [-0.2, 0) is 25.8 Å². The number of nitrogens with two attached hydrogens (primary N) is 2. The van der Waals surface area contributed by atoms with E-state index in [-0.39, 0.29) is 48.9 Å². The maximum atomic E-state index is 12.3. The number of nitrogens with zero attached hydrogens (tertiary/aromatic N) is 3. The molecule has 2 heterocycles. The van der Waals surface area contributed by atoms with Gasteiger partial charge >= 0.3 is 5.97 Å². The average molecular weight is 423 g/mol. The molecule has 0 saturated heterocycles. The predicted octanol–water partition coefficient (Wildman–Crippen LogP) is -0.657. The van der Waals surface area contributed by atoms with Gasteiger partial charge in [0.05, 0.1) is 19.0 Å². The SMILES string of the molecule is CC(C)C(N)C(=O)NC(C(=O)OCCOCn1cnc2c(=O)[nH]c(N)nc21)C(C)C. The molecule has 166 valence electrons. The van der Waals surface area contributed by atoms with Crippen LogP contribution in [0.4, 0.5) is 5.95 Å². The van der Waals surface area contributed by atoms with Crippen molar-refractivity contribution < 1.29 is 19.1 Å². The fraction of sp³-hybridized carbons (Fsp3) is 0.611. The summed E-state index contributed by atoms with van der Waals surface area (Å²) in [5, 5.41) is 2.65. The Labute approximate surface area is 173 Å². The highest BCUT2D eigenvalue weighted by Gasteiger charge is 2.28. The van der Waals surface area contributed by atoms with Gasteiger partial charge in [0.15, 0.2) is 11.2 Å². The molecule has 0 radical (unpaired) electrons. The first-order chi connectivity index (χ1) is 14.1. The molecular weight excluding hydrogens is 394 g/mol. The molecule has 1 amide bonds. The number of carbonyl (C=O) groups is 2. The number of carbonyl (C=O) groups excluding carboxylic acids is 2. The van der Waals surface area contributed by atoms with E-state index in [1.165, 1.54) is 10.9 Å². The lowest BCUT2D eigenvalue weighted by Gasteiger charge is -2.23. The number of anilines is 1. The summed E-state index contributed by atoms with van der Waals surface area (Å²) in [6.07, 6.45) is 1.40. The maximum Gasteiger partial charge on any atom is 0.328 e. The number of aromatic amines is 1. The average Bonchev–Trinajstić information content (AvgIpc) is 3.07. The van der Waals surface area contributed by atoms with E-state index in [0.717, 1.165) is 0 Å². The number of amides is 1. The smallest absolute Gasteiger partial charge is 0.328 e. The van der Waals surface area contributed by atoms with Crippen molar-refractivity contribution in [2.75, 3.05) is 18.9 Å². The van der Waals surface area contributed by atoms with Gasteiger partial charge in [0.1, 0.15) is 19.4 Å². The second-order valence-corrected chi connectivity index (χ2v) is 7.54. The van der Waals surface area contributed by atoms with Gasteiger partial charge in [0.25, 0.3) is 5.56 Å². The van der Waals surface area contributed by atoms with Gasteiger partial charge in [-0.05, 0) is 11.8 Å². The van der Waals surface area contributed by atoms with Crippen molar-refractivity contribution in [1.29, 1.82) is 0 Å². The van der Waals surface area contributed by atoms with Crippen LogP contribution in [0.25, 0.3) is 11.2 Å². The molecule has 2 rings (SSSR count). The Kier molecular flexibility index (Phi) is 7.89. The highest BCUT2D eigenvalue weighted by Crippen LogP contribution is 2.08. The number of imidazole rings is 1. The van der Waals surface area contributed by atoms with Crippen LogP contribution in [0, 0.1) is 11.8 Å². The van der Waals surface area contributed by atoms with Crippen LogP contribution in [0.1, 0.15) is 27.7 Å². The lowest BCUT2D eigenvalue weighted by Crippen LogP contribution is -2.52. The molecule has 0 aliphatic heterocycles. The number of nitrogens with one attached hydrogen (secondary N) is 2. The number of ether oxygens (including phenoxy) is 2. The monoisotopic (exact) mass is 423 g/mol. The second kappa shape index (κ2) is 10.2. The second-order valence-electron chi connectivity index (χ2n) is 7.54.